The van der Waals surface area contributed by atoms with Gasteiger partial charge in [-0.3, -0.25) is 4.79 Å². The second-order valence-corrected chi connectivity index (χ2v) is 6.08. The summed E-state index contributed by atoms with van der Waals surface area (Å²) in [4.78, 5) is 23.3. The smallest absolute Gasteiger partial charge is 0.337 e. The van der Waals surface area contributed by atoms with Crippen LogP contribution in [0.1, 0.15) is 20.7 Å². The van der Waals surface area contributed by atoms with Crippen LogP contribution >= 0.6 is 34.8 Å². The van der Waals surface area contributed by atoms with Crippen LogP contribution in [-0.2, 0) is 4.74 Å². The van der Waals surface area contributed by atoms with E-state index in [2.05, 4.69) is 10.1 Å². The van der Waals surface area contributed by atoms with Crippen LogP contribution in [0.25, 0.3) is 0 Å². The van der Waals surface area contributed by atoms with Gasteiger partial charge in [-0.2, -0.15) is 0 Å². The Hall–Kier alpha value is -1.17. The third-order valence-electron chi connectivity index (χ3n) is 2.45. The van der Waals surface area contributed by atoms with E-state index in [9.17, 15) is 9.59 Å². The Balaban J connectivity index is 2.36. The molecule has 1 aliphatic rings. The zero-order chi connectivity index (χ0) is 14.2. The molecule has 0 radical (unpaired) electrons. The highest BCUT2D eigenvalue weighted by Gasteiger charge is 2.40. The largest absolute Gasteiger partial charge is 0.465 e. The molecule has 0 fully saturated rings. The highest BCUT2D eigenvalue weighted by Crippen LogP contribution is 2.35. The highest BCUT2D eigenvalue weighted by molar-refractivity contribution is 6.68. The van der Waals surface area contributed by atoms with Crippen LogP contribution in [0.5, 0.6) is 5.75 Å². The first-order valence-electron chi connectivity index (χ1n) is 5.09. The number of carbonyl (C=O) groups is 2. The van der Waals surface area contributed by atoms with Crippen molar-refractivity contribution in [3.8, 4) is 5.75 Å². The molecule has 1 amide bonds. The number of alkyl halides is 3. The van der Waals surface area contributed by atoms with Crippen LogP contribution in [-0.4, -0.2) is 29.0 Å². The van der Waals surface area contributed by atoms with E-state index in [1.807, 2.05) is 0 Å². The van der Waals surface area contributed by atoms with Crippen molar-refractivity contribution >= 4 is 46.7 Å². The van der Waals surface area contributed by atoms with Crippen molar-refractivity contribution < 1.29 is 19.1 Å². The fraction of sp³-hybridized carbons (Fsp3) is 0.273. The van der Waals surface area contributed by atoms with Crippen LogP contribution in [0.15, 0.2) is 18.2 Å². The minimum absolute atomic E-state index is 0.174. The third-order valence-corrected chi connectivity index (χ3v) is 3.04. The first-order valence-corrected chi connectivity index (χ1v) is 6.23. The molecule has 1 unspecified atom stereocenters. The van der Waals surface area contributed by atoms with E-state index in [-0.39, 0.29) is 16.9 Å². The molecule has 1 heterocycles. The quantitative estimate of drug-likeness (QED) is 0.636. The fourth-order valence-electron chi connectivity index (χ4n) is 1.56. The average Bonchev–Trinajstić information content (AvgIpc) is 2.36. The van der Waals surface area contributed by atoms with Gasteiger partial charge in [0.25, 0.3) is 5.91 Å². The fourth-order valence-corrected chi connectivity index (χ4v) is 1.85. The van der Waals surface area contributed by atoms with Crippen LogP contribution in [0, 0.1) is 0 Å². The number of nitrogens with one attached hydrogen (secondary N) is 1. The topological polar surface area (TPSA) is 64.6 Å². The zero-order valence-corrected chi connectivity index (χ0v) is 11.8. The van der Waals surface area contributed by atoms with Gasteiger partial charge >= 0.3 is 5.97 Å². The lowest BCUT2D eigenvalue weighted by atomic mass is 10.1. The first kappa shape index (κ1) is 14.2. The number of ether oxygens (including phenoxy) is 2. The number of amides is 1. The van der Waals surface area contributed by atoms with Crippen molar-refractivity contribution in [2.75, 3.05) is 7.11 Å². The van der Waals surface area contributed by atoms with Gasteiger partial charge in [0, 0.05) is 0 Å². The predicted octanol–water partition coefficient (Wildman–Crippen LogP) is 2.29. The second kappa shape index (κ2) is 5.07. The van der Waals surface area contributed by atoms with Crippen LogP contribution in [0.3, 0.4) is 0 Å². The summed E-state index contributed by atoms with van der Waals surface area (Å²) in [6.07, 6.45) is -1.10. The summed E-state index contributed by atoms with van der Waals surface area (Å²) in [5.41, 5.74) is 0.403. The molecular weight excluding hydrogens is 316 g/mol. The molecule has 1 N–H and O–H groups in total. The van der Waals surface area contributed by atoms with E-state index in [1.165, 1.54) is 25.3 Å². The molecule has 1 aromatic rings. The van der Waals surface area contributed by atoms with Gasteiger partial charge in [-0.1, -0.05) is 34.8 Å². The summed E-state index contributed by atoms with van der Waals surface area (Å²) in [6, 6.07) is 4.26. The number of fused-ring (bicyclic) bond motifs is 1. The van der Waals surface area contributed by atoms with Gasteiger partial charge < -0.3 is 14.8 Å². The van der Waals surface area contributed by atoms with Crippen LogP contribution < -0.4 is 10.1 Å². The average molecular weight is 325 g/mol. The number of esters is 1. The van der Waals surface area contributed by atoms with Gasteiger partial charge in [0.1, 0.15) is 5.75 Å². The normalized spacial score (nSPS) is 18.1. The van der Waals surface area contributed by atoms with E-state index < -0.39 is 21.9 Å². The molecule has 0 saturated carbocycles. The number of halogens is 3. The van der Waals surface area contributed by atoms with Crippen molar-refractivity contribution in [2.24, 2.45) is 0 Å². The van der Waals surface area contributed by atoms with E-state index >= 15 is 0 Å². The molecule has 0 aromatic heterocycles. The molecule has 0 bridgehead atoms. The Morgan fingerprint density at radius 2 is 2.11 bits per heavy atom. The Morgan fingerprint density at radius 3 is 2.68 bits per heavy atom. The van der Waals surface area contributed by atoms with Crippen LogP contribution in [0.4, 0.5) is 0 Å². The molecule has 1 atom stereocenters. The summed E-state index contributed by atoms with van der Waals surface area (Å²) in [6.45, 7) is 0. The van der Waals surface area contributed by atoms with Gasteiger partial charge in [0.05, 0.1) is 18.2 Å². The molecule has 1 aliphatic heterocycles. The molecule has 0 aliphatic carbocycles. The number of rotatable bonds is 1. The van der Waals surface area contributed by atoms with Gasteiger partial charge in [0.2, 0.25) is 10.0 Å². The molecule has 19 heavy (non-hydrogen) atoms. The molecule has 0 spiro atoms. The molecule has 8 heteroatoms. The number of hydrogen-bond donors (Lipinski definition) is 1. The number of benzene rings is 1. The minimum atomic E-state index is -1.80. The van der Waals surface area contributed by atoms with E-state index in [0.29, 0.717) is 0 Å². The second-order valence-electron chi connectivity index (χ2n) is 3.72. The molecular formula is C11H8Cl3NO4. The van der Waals surface area contributed by atoms with Crippen LogP contribution in [0.2, 0.25) is 0 Å². The van der Waals surface area contributed by atoms with Gasteiger partial charge in [-0.05, 0) is 18.2 Å². The molecule has 5 nitrogen and oxygen atoms in total. The summed E-state index contributed by atoms with van der Waals surface area (Å²) < 4.78 is 8.12. The van der Waals surface area contributed by atoms with Crippen molar-refractivity contribution in [3.05, 3.63) is 29.3 Å². The minimum Gasteiger partial charge on any atom is -0.465 e. The Kier molecular flexibility index (Phi) is 3.80. The van der Waals surface area contributed by atoms with Crippen molar-refractivity contribution in [1.82, 2.24) is 5.32 Å². The first-order chi connectivity index (χ1) is 8.82. The van der Waals surface area contributed by atoms with Crippen molar-refractivity contribution in [1.29, 1.82) is 0 Å². The maximum absolute atomic E-state index is 11.9. The lowest BCUT2D eigenvalue weighted by Crippen LogP contribution is -2.50. The number of hydrogen-bond acceptors (Lipinski definition) is 4. The predicted molar refractivity (Wildman–Crippen MR) is 70.0 cm³/mol. The Labute approximate surface area is 123 Å². The summed E-state index contributed by atoms with van der Waals surface area (Å²) in [5.74, 6) is -0.824. The lowest BCUT2D eigenvalue weighted by molar-refractivity contribution is 0.0600. The molecule has 1 aromatic carbocycles. The monoisotopic (exact) mass is 323 g/mol. The zero-order valence-electron chi connectivity index (χ0n) is 9.58. The van der Waals surface area contributed by atoms with Gasteiger partial charge in [-0.15, -0.1) is 0 Å². The summed E-state index contributed by atoms with van der Waals surface area (Å²) in [5, 5.41) is 2.39. The Morgan fingerprint density at radius 1 is 1.42 bits per heavy atom. The third kappa shape index (κ3) is 2.88. The summed E-state index contributed by atoms with van der Waals surface area (Å²) >= 11 is 17.0. The molecule has 102 valence electrons. The maximum Gasteiger partial charge on any atom is 0.337 e. The van der Waals surface area contributed by atoms with E-state index in [4.69, 9.17) is 39.5 Å². The van der Waals surface area contributed by atoms with Crippen molar-refractivity contribution in [2.45, 2.75) is 10.0 Å². The SMILES string of the molecule is COC(=O)c1ccc2c(c1)C(=O)NC(C(Cl)(Cl)Cl)O2. The Bertz CT molecular complexity index is 541. The highest BCUT2D eigenvalue weighted by atomic mass is 35.6. The number of carbonyl (C=O) groups excluding carboxylic acids is 2. The van der Waals surface area contributed by atoms with Crippen molar-refractivity contribution in [3.63, 3.8) is 0 Å². The van der Waals surface area contributed by atoms with Gasteiger partial charge in [-0.25, -0.2) is 4.79 Å². The van der Waals surface area contributed by atoms with Gasteiger partial charge in [0.15, 0.2) is 0 Å². The lowest BCUT2D eigenvalue weighted by Gasteiger charge is -2.31. The molecule has 0 saturated heterocycles. The maximum atomic E-state index is 11.9. The standard InChI is InChI=1S/C11H8Cl3NO4/c1-18-9(17)5-2-3-7-6(4-5)8(16)15-10(19-7)11(12,13)14/h2-4,10H,1H3,(H,15,16). The number of methoxy groups -OCH3 is 1. The van der Waals surface area contributed by atoms with E-state index in [1.54, 1.807) is 0 Å². The van der Waals surface area contributed by atoms with E-state index in [0.717, 1.165) is 0 Å². The molecule has 2 rings (SSSR count). The summed E-state index contributed by atoms with van der Waals surface area (Å²) in [7, 11) is 1.25.